The van der Waals surface area contributed by atoms with Crippen molar-refractivity contribution >= 4 is 5.97 Å². The molecular weight excluding hydrogens is 302 g/mol. The lowest BCUT2D eigenvalue weighted by Gasteiger charge is -2.45. The van der Waals surface area contributed by atoms with Gasteiger partial charge in [0.25, 0.3) is 0 Å². The molecule has 5 rings (SSSR count). The maximum atomic E-state index is 11.6. The first-order valence-electron chi connectivity index (χ1n) is 9.14. The molecule has 2 bridgehead atoms. The lowest BCUT2D eigenvalue weighted by Crippen LogP contribution is -2.56. The minimum atomic E-state index is -0.808. The summed E-state index contributed by atoms with van der Waals surface area (Å²) < 4.78 is 0. The first kappa shape index (κ1) is 16.1. The first-order chi connectivity index (χ1) is 11.6. The smallest absolute Gasteiger partial charge is 0.336 e. The molecule has 0 spiro atoms. The molecule has 3 saturated heterocycles. The van der Waals surface area contributed by atoms with Crippen LogP contribution in [0.1, 0.15) is 46.8 Å². The summed E-state index contributed by atoms with van der Waals surface area (Å²) >= 11 is 0. The number of carbonyl (C=O) groups is 1. The second kappa shape index (κ2) is 6.47. The average molecular weight is 329 g/mol. The molecule has 0 aliphatic carbocycles. The molecule has 4 heterocycles. The Bertz CT molecular complexity index is 625. The summed E-state index contributed by atoms with van der Waals surface area (Å²) in [6.07, 6.45) is 3.62. The van der Waals surface area contributed by atoms with Crippen LogP contribution >= 0.6 is 0 Å². The molecule has 3 fully saturated rings. The van der Waals surface area contributed by atoms with E-state index in [1.807, 2.05) is 6.07 Å². The zero-order valence-corrected chi connectivity index (χ0v) is 14.4. The van der Waals surface area contributed by atoms with Gasteiger partial charge in [0, 0.05) is 25.2 Å². The topological polar surface area (TPSA) is 55.8 Å². The Morgan fingerprint density at radius 3 is 2.79 bits per heavy atom. The van der Waals surface area contributed by atoms with Crippen LogP contribution in [0.25, 0.3) is 0 Å². The van der Waals surface area contributed by atoms with Crippen LogP contribution in [0, 0.1) is 5.92 Å². The molecule has 4 aliphatic heterocycles. The lowest BCUT2D eigenvalue weighted by atomic mass is 9.84. The first-order valence-corrected chi connectivity index (χ1v) is 9.14. The highest BCUT2D eigenvalue weighted by Gasteiger charge is 2.35. The van der Waals surface area contributed by atoms with Gasteiger partial charge in [-0.05, 0) is 69.1 Å². The molecule has 1 aromatic carbocycles. The van der Waals surface area contributed by atoms with E-state index in [0.29, 0.717) is 11.6 Å². The number of nitrogens with zero attached hydrogens (tertiary/aromatic N) is 2. The normalized spacial score (nSPS) is 32.0. The van der Waals surface area contributed by atoms with Crippen LogP contribution in [0.2, 0.25) is 0 Å². The Morgan fingerprint density at radius 1 is 1.33 bits per heavy atom. The zero-order valence-electron chi connectivity index (χ0n) is 14.4. The molecule has 1 aromatic rings. The van der Waals surface area contributed by atoms with Crippen molar-refractivity contribution in [2.75, 3.05) is 33.2 Å². The largest absolute Gasteiger partial charge is 0.478 e. The molecule has 2 atom stereocenters. The average Bonchev–Trinajstić information content (AvgIpc) is 2.91. The van der Waals surface area contributed by atoms with E-state index >= 15 is 0 Å². The van der Waals surface area contributed by atoms with Crippen molar-refractivity contribution in [2.45, 2.75) is 37.9 Å². The molecule has 0 radical (unpaired) electrons. The second-order valence-corrected chi connectivity index (χ2v) is 7.60. The fourth-order valence-electron chi connectivity index (χ4n) is 4.90. The van der Waals surface area contributed by atoms with Gasteiger partial charge in [0.1, 0.15) is 0 Å². The summed E-state index contributed by atoms with van der Waals surface area (Å²) in [5.74, 6) is 0.0238. The van der Waals surface area contributed by atoms with E-state index in [1.165, 1.54) is 38.0 Å². The van der Waals surface area contributed by atoms with Crippen LogP contribution in [0.3, 0.4) is 0 Å². The number of hydrogen-bond donors (Lipinski definition) is 2. The van der Waals surface area contributed by atoms with Gasteiger partial charge in [0.05, 0.1) is 5.56 Å². The molecule has 0 saturated carbocycles. The summed E-state index contributed by atoms with van der Waals surface area (Å²) in [7, 11) is 2.10. The van der Waals surface area contributed by atoms with Gasteiger partial charge in [-0.15, -0.1) is 0 Å². The molecular formula is C19H27N3O2. The Morgan fingerprint density at radius 2 is 2.12 bits per heavy atom. The number of nitrogens with one attached hydrogen (secondary N) is 1. The monoisotopic (exact) mass is 329 g/mol. The predicted octanol–water partition coefficient (Wildman–Crippen LogP) is 1.95. The Balaban J connectivity index is 1.42. The SMILES string of the molecule is CN1Cc2cccc(C(=O)O)c2[C@@H]1CCNC1CN2CCC1CC2. The zero-order chi connectivity index (χ0) is 16.7. The summed E-state index contributed by atoms with van der Waals surface area (Å²) in [4.78, 5) is 16.4. The van der Waals surface area contributed by atoms with Gasteiger partial charge in [-0.3, -0.25) is 4.90 Å². The Kier molecular flexibility index (Phi) is 4.33. The molecule has 1 unspecified atom stereocenters. The maximum absolute atomic E-state index is 11.6. The van der Waals surface area contributed by atoms with Crippen molar-refractivity contribution in [3.05, 3.63) is 34.9 Å². The van der Waals surface area contributed by atoms with Gasteiger partial charge in [0.2, 0.25) is 0 Å². The summed E-state index contributed by atoms with van der Waals surface area (Å²) in [6.45, 7) is 5.52. The van der Waals surface area contributed by atoms with Crippen molar-refractivity contribution < 1.29 is 9.90 Å². The van der Waals surface area contributed by atoms with Crippen LogP contribution in [-0.4, -0.2) is 60.1 Å². The fourth-order valence-corrected chi connectivity index (χ4v) is 4.90. The van der Waals surface area contributed by atoms with Crippen molar-refractivity contribution in [2.24, 2.45) is 5.92 Å². The predicted molar refractivity (Wildman–Crippen MR) is 93.2 cm³/mol. The molecule has 2 N–H and O–H groups in total. The summed E-state index contributed by atoms with van der Waals surface area (Å²) in [6, 6.07) is 6.51. The Labute approximate surface area is 143 Å². The van der Waals surface area contributed by atoms with E-state index in [-0.39, 0.29) is 6.04 Å². The molecule has 24 heavy (non-hydrogen) atoms. The lowest BCUT2D eigenvalue weighted by molar-refractivity contribution is 0.0691. The molecule has 130 valence electrons. The van der Waals surface area contributed by atoms with E-state index in [0.717, 1.165) is 31.0 Å². The van der Waals surface area contributed by atoms with Crippen LogP contribution in [0.5, 0.6) is 0 Å². The van der Waals surface area contributed by atoms with E-state index in [4.69, 9.17) is 0 Å². The van der Waals surface area contributed by atoms with E-state index in [9.17, 15) is 9.90 Å². The summed E-state index contributed by atoms with van der Waals surface area (Å²) in [5.41, 5.74) is 2.68. The number of benzene rings is 1. The van der Waals surface area contributed by atoms with Crippen LogP contribution in [0.4, 0.5) is 0 Å². The van der Waals surface area contributed by atoms with Crippen molar-refractivity contribution in [3.63, 3.8) is 0 Å². The van der Waals surface area contributed by atoms with Gasteiger partial charge in [-0.2, -0.15) is 0 Å². The second-order valence-electron chi connectivity index (χ2n) is 7.60. The van der Waals surface area contributed by atoms with Gasteiger partial charge < -0.3 is 15.3 Å². The number of aromatic carboxylic acids is 1. The number of rotatable bonds is 5. The third kappa shape index (κ3) is 2.85. The molecule has 5 heteroatoms. The number of fused-ring (bicyclic) bond motifs is 4. The van der Waals surface area contributed by atoms with E-state index < -0.39 is 5.97 Å². The maximum Gasteiger partial charge on any atom is 0.336 e. The van der Waals surface area contributed by atoms with Crippen molar-refractivity contribution in [3.8, 4) is 0 Å². The number of carboxylic acids is 1. The molecule has 0 aromatic heterocycles. The third-order valence-electron chi connectivity index (χ3n) is 6.19. The molecule has 0 amide bonds. The third-order valence-corrected chi connectivity index (χ3v) is 6.19. The Hall–Kier alpha value is -1.43. The number of piperidine rings is 3. The molecule has 4 aliphatic rings. The van der Waals surface area contributed by atoms with Crippen molar-refractivity contribution in [1.29, 1.82) is 0 Å². The van der Waals surface area contributed by atoms with Gasteiger partial charge in [-0.1, -0.05) is 12.1 Å². The van der Waals surface area contributed by atoms with E-state index in [2.05, 4.69) is 28.2 Å². The fraction of sp³-hybridized carbons (Fsp3) is 0.632. The highest BCUT2D eigenvalue weighted by molar-refractivity contribution is 5.90. The quantitative estimate of drug-likeness (QED) is 0.865. The van der Waals surface area contributed by atoms with Crippen molar-refractivity contribution in [1.82, 2.24) is 15.1 Å². The number of hydrogen-bond acceptors (Lipinski definition) is 4. The van der Waals surface area contributed by atoms with E-state index in [1.54, 1.807) is 6.07 Å². The summed E-state index contributed by atoms with van der Waals surface area (Å²) in [5, 5.41) is 13.3. The van der Waals surface area contributed by atoms with Gasteiger partial charge >= 0.3 is 5.97 Å². The highest BCUT2D eigenvalue weighted by Crippen LogP contribution is 2.37. The van der Waals surface area contributed by atoms with Gasteiger partial charge in [-0.25, -0.2) is 4.79 Å². The minimum absolute atomic E-state index is 0.209. The molecule has 5 nitrogen and oxygen atoms in total. The van der Waals surface area contributed by atoms with Crippen LogP contribution < -0.4 is 5.32 Å². The minimum Gasteiger partial charge on any atom is -0.478 e. The standard InChI is InChI=1S/C19H27N3O2/c1-21-11-14-3-2-4-15(19(23)24)18(14)17(21)5-8-20-16-12-22-9-6-13(16)7-10-22/h2-4,13,16-17,20H,5-12H2,1H3,(H,23,24)/t16?,17-/m0/s1. The van der Waals surface area contributed by atoms with Crippen LogP contribution in [0.15, 0.2) is 18.2 Å². The highest BCUT2D eigenvalue weighted by atomic mass is 16.4. The number of carboxylic acid groups (broad SMARTS) is 1. The van der Waals surface area contributed by atoms with Crippen LogP contribution in [-0.2, 0) is 6.54 Å². The van der Waals surface area contributed by atoms with Gasteiger partial charge in [0.15, 0.2) is 0 Å².